The molecule has 1 aromatic heterocycles. The number of aromatic nitrogens is 2. The number of rotatable bonds is 3. The van der Waals surface area contributed by atoms with Gasteiger partial charge in [-0.25, -0.2) is 0 Å². The Kier molecular flexibility index (Phi) is 5.14. The quantitative estimate of drug-likeness (QED) is 0.787. The van der Waals surface area contributed by atoms with Gasteiger partial charge in [0.1, 0.15) is 10.0 Å². The Balaban J connectivity index is 1.36. The molecule has 1 aromatic carbocycles. The first-order valence-corrected chi connectivity index (χ1v) is 10.4. The second-order valence-corrected chi connectivity index (χ2v) is 8.79. The molecule has 3 heterocycles. The van der Waals surface area contributed by atoms with Gasteiger partial charge in [-0.1, -0.05) is 11.6 Å². The molecule has 2 fully saturated rings. The van der Waals surface area contributed by atoms with Crippen LogP contribution in [-0.2, 0) is 9.59 Å². The van der Waals surface area contributed by atoms with Crippen LogP contribution in [0.15, 0.2) is 24.3 Å². The van der Waals surface area contributed by atoms with E-state index >= 15 is 0 Å². The van der Waals surface area contributed by atoms with E-state index in [4.69, 9.17) is 11.6 Å². The van der Waals surface area contributed by atoms with Gasteiger partial charge < -0.3 is 9.80 Å². The minimum absolute atomic E-state index is 0.00473. The van der Waals surface area contributed by atoms with Gasteiger partial charge in [0.2, 0.25) is 11.8 Å². The number of anilines is 1. The van der Waals surface area contributed by atoms with Crippen LogP contribution in [0.4, 0.5) is 5.69 Å². The maximum atomic E-state index is 12.9. The number of carbonyl (C=O) groups is 2. The summed E-state index contributed by atoms with van der Waals surface area (Å²) in [6.07, 6.45) is 2.08. The van der Waals surface area contributed by atoms with Crippen LogP contribution in [0.5, 0.6) is 0 Å². The number of nitrogens with zero attached hydrogens (tertiary/aromatic N) is 4. The van der Waals surface area contributed by atoms with Crippen molar-refractivity contribution in [1.29, 1.82) is 0 Å². The summed E-state index contributed by atoms with van der Waals surface area (Å²) < 4.78 is 0. The molecule has 0 spiro atoms. The van der Waals surface area contributed by atoms with Gasteiger partial charge in [0.15, 0.2) is 0 Å². The molecule has 0 unspecified atom stereocenters. The molecule has 2 aromatic rings. The zero-order valence-electron chi connectivity index (χ0n) is 15.1. The van der Waals surface area contributed by atoms with E-state index in [1.165, 1.54) is 0 Å². The van der Waals surface area contributed by atoms with Crippen molar-refractivity contribution in [2.45, 2.75) is 32.1 Å². The second kappa shape index (κ2) is 7.56. The molecule has 0 N–H and O–H groups in total. The standard InChI is InChI=1S/C19H21ClN4O2S/c1-12-21-22-18(27-12)13-6-8-23(9-7-13)19(26)14-10-17(25)24(11-14)16-4-2-15(20)3-5-16/h2-5,13-14H,6-11H2,1H3/t14-/m0/s1. The lowest BCUT2D eigenvalue weighted by Crippen LogP contribution is -2.42. The van der Waals surface area contributed by atoms with Crippen LogP contribution in [0, 0.1) is 12.8 Å². The highest BCUT2D eigenvalue weighted by molar-refractivity contribution is 7.11. The zero-order valence-corrected chi connectivity index (χ0v) is 16.7. The van der Waals surface area contributed by atoms with Gasteiger partial charge in [-0.2, -0.15) is 0 Å². The number of hydrogen-bond acceptors (Lipinski definition) is 5. The Labute approximate surface area is 167 Å². The van der Waals surface area contributed by atoms with Gasteiger partial charge in [0, 0.05) is 42.7 Å². The smallest absolute Gasteiger partial charge is 0.228 e. The highest BCUT2D eigenvalue weighted by Crippen LogP contribution is 2.32. The summed E-state index contributed by atoms with van der Waals surface area (Å²) in [4.78, 5) is 28.9. The monoisotopic (exact) mass is 404 g/mol. The number of halogens is 1. The van der Waals surface area contributed by atoms with E-state index in [1.54, 1.807) is 28.4 Å². The van der Waals surface area contributed by atoms with Crippen LogP contribution >= 0.6 is 22.9 Å². The lowest BCUT2D eigenvalue weighted by Gasteiger charge is -2.32. The molecule has 2 amide bonds. The molecule has 0 bridgehead atoms. The average Bonchev–Trinajstić information content (AvgIpc) is 3.28. The molecule has 6 nitrogen and oxygen atoms in total. The van der Waals surface area contributed by atoms with E-state index in [0.29, 0.717) is 30.6 Å². The van der Waals surface area contributed by atoms with Crippen molar-refractivity contribution in [1.82, 2.24) is 15.1 Å². The Morgan fingerprint density at radius 3 is 2.52 bits per heavy atom. The van der Waals surface area contributed by atoms with Gasteiger partial charge in [-0.15, -0.1) is 21.5 Å². The predicted molar refractivity (Wildman–Crippen MR) is 105 cm³/mol. The fraction of sp³-hybridized carbons (Fsp3) is 0.474. The fourth-order valence-electron chi connectivity index (χ4n) is 3.83. The van der Waals surface area contributed by atoms with Gasteiger partial charge >= 0.3 is 0 Å². The van der Waals surface area contributed by atoms with E-state index in [0.717, 1.165) is 28.5 Å². The number of carbonyl (C=O) groups excluding carboxylic acids is 2. The molecular formula is C19H21ClN4O2S. The first-order valence-electron chi connectivity index (χ1n) is 9.16. The Hall–Kier alpha value is -1.99. The number of hydrogen-bond donors (Lipinski definition) is 0. The third-order valence-corrected chi connectivity index (χ3v) is 6.56. The number of benzene rings is 1. The van der Waals surface area contributed by atoms with Gasteiger partial charge in [0.05, 0.1) is 5.92 Å². The molecule has 2 saturated heterocycles. The summed E-state index contributed by atoms with van der Waals surface area (Å²) in [6.45, 7) is 3.83. The maximum absolute atomic E-state index is 12.9. The van der Waals surface area contributed by atoms with Gasteiger partial charge in [0.25, 0.3) is 0 Å². The van der Waals surface area contributed by atoms with Crippen LogP contribution < -0.4 is 4.90 Å². The van der Waals surface area contributed by atoms with Crippen molar-refractivity contribution in [3.63, 3.8) is 0 Å². The van der Waals surface area contributed by atoms with Crippen molar-refractivity contribution in [3.8, 4) is 0 Å². The largest absolute Gasteiger partial charge is 0.342 e. The summed E-state index contributed by atoms with van der Waals surface area (Å²) in [5.41, 5.74) is 0.796. The van der Waals surface area contributed by atoms with Crippen molar-refractivity contribution >= 4 is 40.4 Å². The van der Waals surface area contributed by atoms with Gasteiger partial charge in [-0.3, -0.25) is 9.59 Å². The first kappa shape index (κ1) is 18.4. The van der Waals surface area contributed by atoms with E-state index in [2.05, 4.69) is 10.2 Å². The van der Waals surface area contributed by atoms with Crippen molar-refractivity contribution in [2.75, 3.05) is 24.5 Å². The molecule has 8 heteroatoms. The molecular weight excluding hydrogens is 384 g/mol. The molecule has 2 aliphatic rings. The van der Waals surface area contributed by atoms with Crippen LogP contribution in [0.1, 0.15) is 35.2 Å². The summed E-state index contributed by atoms with van der Waals surface area (Å²) in [7, 11) is 0. The molecule has 0 saturated carbocycles. The van der Waals surface area contributed by atoms with E-state index < -0.39 is 0 Å². The predicted octanol–water partition coefficient (Wildman–Crippen LogP) is 3.26. The minimum atomic E-state index is -0.270. The minimum Gasteiger partial charge on any atom is -0.342 e. The lowest BCUT2D eigenvalue weighted by molar-refractivity contribution is -0.136. The molecule has 0 radical (unpaired) electrons. The summed E-state index contributed by atoms with van der Waals surface area (Å²) >= 11 is 7.56. The molecule has 27 heavy (non-hydrogen) atoms. The second-order valence-electron chi connectivity index (χ2n) is 7.14. The Bertz CT molecular complexity index is 846. The van der Waals surface area contributed by atoms with Crippen molar-refractivity contribution in [2.24, 2.45) is 5.92 Å². The number of piperidine rings is 1. The lowest BCUT2D eigenvalue weighted by atomic mass is 9.96. The van der Waals surface area contributed by atoms with Crippen LogP contribution in [0.2, 0.25) is 5.02 Å². The highest BCUT2D eigenvalue weighted by Gasteiger charge is 2.38. The average molecular weight is 405 g/mol. The molecule has 1 atom stereocenters. The normalized spacial score (nSPS) is 21.1. The summed E-state index contributed by atoms with van der Waals surface area (Å²) in [5, 5.41) is 11.0. The Morgan fingerprint density at radius 2 is 1.89 bits per heavy atom. The fourth-order valence-corrected chi connectivity index (χ4v) is 4.82. The third-order valence-electron chi connectivity index (χ3n) is 5.31. The van der Waals surface area contributed by atoms with Crippen LogP contribution in [0.25, 0.3) is 0 Å². The SMILES string of the molecule is Cc1nnc(C2CCN(C(=O)[C@H]3CC(=O)N(c4ccc(Cl)cc4)C3)CC2)s1. The van der Waals surface area contributed by atoms with Crippen molar-refractivity contribution < 1.29 is 9.59 Å². The number of likely N-dealkylation sites (tertiary alicyclic amines) is 1. The van der Waals surface area contributed by atoms with Gasteiger partial charge in [-0.05, 0) is 44.0 Å². The van der Waals surface area contributed by atoms with E-state index in [-0.39, 0.29) is 24.2 Å². The number of aryl methyl sites for hydroxylation is 1. The maximum Gasteiger partial charge on any atom is 0.228 e. The van der Waals surface area contributed by atoms with E-state index in [9.17, 15) is 9.59 Å². The summed E-state index contributed by atoms with van der Waals surface area (Å²) in [6, 6.07) is 7.17. The topological polar surface area (TPSA) is 66.4 Å². The molecule has 2 aliphatic heterocycles. The van der Waals surface area contributed by atoms with Crippen LogP contribution in [-0.4, -0.2) is 46.5 Å². The first-order chi connectivity index (χ1) is 13.0. The third kappa shape index (κ3) is 3.84. The van der Waals surface area contributed by atoms with E-state index in [1.807, 2.05) is 24.0 Å². The Morgan fingerprint density at radius 1 is 1.19 bits per heavy atom. The zero-order chi connectivity index (χ0) is 19.0. The summed E-state index contributed by atoms with van der Waals surface area (Å²) in [5.74, 6) is 0.200. The molecule has 4 rings (SSSR count). The molecule has 142 valence electrons. The number of amides is 2. The van der Waals surface area contributed by atoms with Crippen molar-refractivity contribution in [3.05, 3.63) is 39.3 Å². The molecule has 0 aliphatic carbocycles. The van der Waals surface area contributed by atoms with Crippen LogP contribution in [0.3, 0.4) is 0 Å². The highest BCUT2D eigenvalue weighted by atomic mass is 35.5.